The molecule has 3 aromatic rings. The lowest BCUT2D eigenvalue weighted by molar-refractivity contribution is -0.145. The van der Waals surface area contributed by atoms with Crippen LogP contribution in [0.3, 0.4) is 0 Å². The number of benzene rings is 2. The van der Waals surface area contributed by atoms with Gasteiger partial charge in [-0.3, -0.25) is 14.8 Å². The molecular weight excluding hydrogens is 531 g/mol. The molecule has 0 radical (unpaired) electrons. The smallest absolute Gasteiger partial charge is 0.321 e. The van der Waals surface area contributed by atoms with Crippen molar-refractivity contribution in [3.05, 3.63) is 82.9 Å². The van der Waals surface area contributed by atoms with E-state index in [0.29, 0.717) is 19.1 Å². The molecule has 2 aliphatic heterocycles. The molecule has 42 heavy (non-hydrogen) atoms. The Labute approximate surface area is 249 Å². The van der Waals surface area contributed by atoms with Crippen LogP contribution in [0.4, 0.5) is 4.39 Å². The third-order valence-corrected chi connectivity index (χ3v) is 9.37. The third kappa shape index (κ3) is 7.21. The minimum absolute atomic E-state index is 0.0545. The molecule has 4 atom stereocenters. The summed E-state index contributed by atoms with van der Waals surface area (Å²) in [7, 11) is 0. The number of hydrogen-bond donors (Lipinski definition) is 2. The zero-order valence-electron chi connectivity index (χ0n) is 25.1. The number of nitrogens with zero attached hydrogens (tertiary/aromatic N) is 3. The van der Waals surface area contributed by atoms with Crippen molar-refractivity contribution in [1.29, 1.82) is 0 Å². The molecule has 5 rings (SSSR count). The standard InChI is InChI=1S/C34H45FN4O3/c1-4-23(3)33(34(40)41)39-21-27(31(22-39)26-7-6-8-28(35)18-26)20-38-15-13-25(14-16-38)32-19-29(36-37-32)17-24-9-11-30(12-10-24)42-5-2/h6-12,18-19,23,25,27,31,33H,4-5,13-17,20-22H2,1-3H3,(H,36,37)(H,40,41). The van der Waals surface area contributed by atoms with Gasteiger partial charge < -0.3 is 14.7 Å². The Bertz CT molecular complexity index is 1300. The molecule has 0 spiro atoms. The molecule has 0 bridgehead atoms. The third-order valence-electron chi connectivity index (χ3n) is 9.37. The number of H-pyrrole nitrogens is 1. The van der Waals surface area contributed by atoms with Crippen LogP contribution >= 0.6 is 0 Å². The van der Waals surface area contributed by atoms with Crippen molar-refractivity contribution >= 4 is 5.97 Å². The van der Waals surface area contributed by atoms with Crippen molar-refractivity contribution in [2.24, 2.45) is 11.8 Å². The molecule has 8 heteroatoms. The molecule has 0 saturated carbocycles. The van der Waals surface area contributed by atoms with E-state index in [1.165, 1.54) is 17.3 Å². The number of carbonyl (C=O) groups is 1. The molecule has 2 N–H and O–H groups in total. The first-order valence-corrected chi connectivity index (χ1v) is 15.5. The first-order valence-electron chi connectivity index (χ1n) is 15.5. The minimum Gasteiger partial charge on any atom is -0.494 e. The number of carboxylic acid groups (broad SMARTS) is 1. The second-order valence-corrected chi connectivity index (χ2v) is 12.2. The zero-order valence-corrected chi connectivity index (χ0v) is 25.1. The second kappa shape index (κ2) is 13.8. The maximum atomic E-state index is 14.2. The number of aliphatic carboxylic acids is 1. The maximum Gasteiger partial charge on any atom is 0.321 e. The van der Waals surface area contributed by atoms with Gasteiger partial charge in [-0.15, -0.1) is 0 Å². The van der Waals surface area contributed by atoms with Gasteiger partial charge in [-0.05, 0) is 86.1 Å². The molecule has 2 fully saturated rings. The number of piperidine rings is 1. The fourth-order valence-electron chi connectivity index (χ4n) is 6.93. The van der Waals surface area contributed by atoms with Crippen molar-refractivity contribution in [1.82, 2.24) is 20.0 Å². The van der Waals surface area contributed by atoms with Crippen molar-refractivity contribution in [3.63, 3.8) is 0 Å². The van der Waals surface area contributed by atoms with Gasteiger partial charge in [0, 0.05) is 43.6 Å². The summed E-state index contributed by atoms with van der Waals surface area (Å²) in [6, 6.07) is 16.8. The van der Waals surface area contributed by atoms with Crippen LogP contribution in [0.15, 0.2) is 54.6 Å². The van der Waals surface area contributed by atoms with E-state index in [1.807, 2.05) is 39.0 Å². The highest BCUT2D eigenvalue weighted by molar-refractivity contribution is 5.74. The first-order chi connectivity index (χ1) is 20.3. The Morgan fingerprint density at radius 2 is 1.88 bits per heavy atom. The molecule has 1 aromatic heterocycles. The van der Waals surface area contributed by atoms with Crippen molar-refractivity contribution in [2.45, 2.75) is 64.3 Å². The quantitative estimate of drug-likeness (QED) is 0.278. The molecular formula is C34H45FN4O3. The van der Waals surface area contributed by atoms with Crippen LogP contribution in [0.1, 0.15) is 74.4 Å². The maximum absolute atomic E-state index is 14.2. The van der Waals surface area contributed by atoms with E-state index in [-0.39, 0.29) is 23.6 Å². The number of ether oxygens (including phenoxy) is 1. The predicted octanol–water partition coefficient (Wildman–Crippen LogP) is 5.93. The van der Waals surface area contributed by atoms with Crippen LogP contribution in [-0.2, 0) is 11.2 Å². The molecule has 2 aromatic carbocycles. The number of carboxylic acids is 1. The van der Waals surface area contributed by atoms with Gasteiger partial charge in [0.25, 0.3) is 0 Å². The minimum atomic E-state index is -0.759. The molecule has 2 saturated heterocycles. The van der Waals surface area contributed by atoms with E-state index in [4.69, 9.17) is 4.74 Å². The average Bonchev–Trinajstić information content (AvgIpc) is 3.62. The summed E-state index contributed by atoms with van der Waals surface area (Å²) in [5.41, 5.74) is 4.44. The number of aromatic amines is 1. The number of nitrogens with one attached hydrogen (secondary N) is 1. The Hall–Kier alpha value is -3.23. The van der Waals surface area contributed by atoms with E-state index >= 15 is 0 Å². The van der Waals surface area contributed by atoms with E-state index in [2.05, 4.69) is 38.2 Å². The molecule has 226 valence electrons. The lowest BCUT2D eigenvalue weighted by Gasteiger charge is -2.34. The van der Waals surface area contributed by atoms with Gasteiger partial charge in [-0.1, -0.05) is 44.5 Å². The lowest BCUT2D eigenvalue weighted by atomic mass is 9.87. The zero-order chi connectivity index (χ0) is 29.6. The molecule has 0 amide bonds. The Kier molecular flexibility index (Phi) is 9.95. The highest BCUT2D eigenvalue weighted by atomic mass is 19.1. The van der Waals surface area contributed by atoms with Crippen LogP contribution in [0, 0.1) is 17.7 Å². The fourth-order valence-corrected chi connectivity index (χ4v) is 6.93. The van der Waals surface area contributed by atoms with Gasteiger partial charge in [-0.25, -0.2) is 4.39 Å². The Morgan fingerprint density at radius 3 is 2.55 bits per heavy atom. The van der Waals surface area contributed by atoms with Crippen molar-refractivity contribution in [3.8, 4) is 5.75 Å². The summed E-state index contributed by atoms with van der Waals surface area (Å²) in [5, 5.41) is 18.0. The Balaban J connectivity index is 1.20. The fraction of sp³-hybridized carbons (Fsp3) is 0.529. The van der Waals surface area contributed by atoms with Gasteiger partial charge in [0.2, 0.25) is 0 Å². The SMILES string of the molecule is CCOc1ccc(Cc2cc(C3CCN(CC4CN(C(C(=O)O)C(C)CC)CC4c4cccc(F)c4)CC3)[nH]n2)cc1. The normalized spacial score (nSPS) is 21.8. The average molecular weight is 577 g/mol. The summed E-state index contributed by atoms with van der Waals surface area (Å²) in [4.78, 5) is 16.9. The molecule has 0 aliphatic carbocycles. The van der Waals surface area contributed by atoms with Gasteiger partial charge in [0.05, 0.1) is 12.3 Å². The van der Waals surface area contributed by atoms with E-state index in [1.54, 1.807) is 12.1 Å². The summed E-state index contributed by atoms with van der Waals surface area (Å²) in [6.45, 7) is 10.9. The molecule has 7 nitrogen and oxygen atoms in total. The van der Waals surface area contributed by atoms with Gasteiger partial charge in [0.15, 0.2) is 0 Å². The van der Waals surface area contributed by atoms with Crippen LogP contribution in [-0.4, -0.2) is 76.4 Å². The summed E-state index contributed by atoms with van der Waals surface area (Å²) in [6.07, 6.45) is 3.70. The highest BCUT2D eigenvalue weighted by Crippen LogP contribution is 2.37. The van der Waals surface area contributed by atoms with Crippen LogP contribution in [0.5, 0.6) is 5.75 Å². The summed E-state index contributed by atoms with van der Waals surface area (Å²) < 4.78 is 19.8. The van der Waals surface area contributed by atoms with Gasteiger partial charge in [-0.2, -0.15) is 5.10 Å². The van der Waals surface area contributed by atoms with Gasteiger partial charge in [0.1, 0.15) is 17.6 Å². The van der Waals surface area contributed by atoms with E-state index in [9.17, 15) is 14.3 Å². The van der Waals surface area contributed by atoms with Crippen LogP contribution < -0.4 is 4.74 Å². The number of likely N-dealkylation sites (tertiary alicyclic amines) is 2. The highest BCUT2D eigenvalue weighted by Gasteiger charge is 2.42. The lowest BCUT2D eigenvalue weighted by Crippen LogP contribution is -2.45. The summed E-state index contributed by atoms with van der Waals surface area (Å²) >= 11 is 0. The number of hydrogen-bond acceptors (Lipinski definition) is 5. The number of halogens is 1. The van der Waals surface area contributed by atoms with Gasteiger partial charge >= 0.3 is 5.97 Å². The summed E-state index contributed by atoms with van der Waals surface area (Å²) in [5.74, 6) is 0.765. The first kappa shape index (κ1) is 30.2. The molecule has 3 heterocycles. The number of aromatic nitrogens is 2. The van der Waals surface area contributed by atoms with Crippen molar-refractivity contribution < 1.29 is 19.0 Å². The second-order valence-electron chi connectivity index (χ2n) is 12.2. The molecule has 4 unspecified atom stereocenters. The molecule has 2 aliphatic rings. The monoisotopic (exact) mass is 576 g/mol. The topological polar surface area (TPSA) is 81.7 Å². The van der Waals surface area contributed by atoms with Crippen LogP contribution in [0.2, 0.25) is 0 Å². The van der Waals surface area contributed by atoms with E-state index < -0.39 is 12.0 Å². The van der Waals surface area contributed by atoms with E-state index in [0.717, 1.165) is 68.9 Å². The Morgan fingerprint density at radius 1 is 1.12 bits per heavy atom. The van der Waals surface area contributed by atoms with Crippen molar-refractivity contribution in [2.75, 3.05) is 39.3 Å². The number of rotatable bonds is 12. The predicted molar refractivity (Wildman–Crippen MR) is 163 cm³/mol. The van der Waals surface area contributed by atoms with Crippen LogP contribution in [0.25, 0.3) is 0 Å². The largest absolute Gasteiger partial charge is 0.494 e.